The van der Waals surface area contributed by atoms with Crippen LogP contribution in [-0.2, 0) is 19.1 Å². The SMILES string of the molecule is CC1C=CC=CC2=C1C(=[Si](C)C)C(C)(C)[C]2(C1=CC=CC1)[Hf]([Cl])[Cl]. The first-order valence-corrected chi connectivity index (χ1v) is 21.8. The third-order valence-corrected chi connectivity index (χ3v) is 18.7. The molecule has 3 aliphatic carbocycles. The summed E-state index contributed by atoms with van der Waals surface area (Å²) >= 11 is -2.91. The second-order valence-corrected chi connectivity index (χ2v) is 22.5. The molecule has 0 N–H and O–H groups in total. The molecule has 0 fully saturated rings. The first-order chi connectivity index (χ1) is 11.3. The van der Waals surface area contributed by atoms with Crippen molar-refractivity contribution in [2.75, 3.05) is 0 Å². The molecule has 2 atom stereocenters. The molecule has 0 aliphatic heterocycles. The molecule has 3 aliphatic rings. The molecule has 0 spiro atoms. The van der Waals surface area contributed by atoms with Crippen molar-refractivity contribution in [2.45, 2.75) is 43.5 Å². The third kappa shape index (κ3) is 2.51. The van der Waals surface area contributed by atoms with Gasteiger partial charge in [-0.3, -0.25) is 0 Å². The molecule has 3 rings (SSSR count). The van der Waals surface area contributed by atoms with Crippen LogP contribution >= 0.6 is 17.2 Å². The molecule has 2 unspecified atom stereocenters. The van der Waals surface area contributed by atoms with Gasteiger partial charge in [0.15, 0.2) is 0 Å². The predicted molar refractivity (Wildman–Crippen MR) is 107 cm³/mol. The normalized spacial score (nSPS) is 30.5. The molecule has 4 heteroatoms. The molecule has 0 saturated carbocycles. The molecule has 0 bridgehead atoms. The Morgan fingerprint density at radius 3 is 2.42 bits per heavy atom. The Kier molecular flexibility index (Phi) is 5.35. The van der Waals surface area contributed by atoms with E-state index in [2.05, 4.69) is 76.4 Å². The van der Waals surface area contributed by atoms with Gasteiger partial charge in [0.05, 0.1) is 0 Å². The van der Waals surface area contributed by atoms with Crippen molar-refractivity contribution in [2.24, 2.45) is 11.3 Å². The van der Waals surface area contributed by atoms with Crippen molar-refractivity contribution in [1.82, 2.24) is 0 Å². The fourth-order valence-electron chi connectivity index (χ4n) is 5.02. The third-order valence-electron chi connectivity index (χ3n) is 5.79. The fraction of sp³-hybridized carbons (Fsp3) is 0.450. The molecule has 127 valence electrons. The van der Waals surface area contributed by atoms with Crippen molar-refractivity contribution in [3.8, 4) is 0 Å². The molecule has 0 aromatic carbocycles. The number of hydrogen-bond donors (Lipinski definition) is 0. The topological polar surface area (TPSA) is 0 Å². The van der Waals surface area contributed by atoms with Gasteiger partial charge in [0.25, 0.3) is 0 Å². The number of allylic oxidation sites excluding steroid dienone is 10. The van der Waals surface area contributed by atoms with Crippen LogP contribution in [0.2, 0.25) is 16.3 Å². The van der Waals surface area contributed by atoms with Gasteiger partial charge >= 0.3 is 164 Å². The van der Waals surface area contributed by atoms with E-state index in [1.54, 1.807) is 10.7 Å². The average Bonchev–Trinajstić information content (AvgIpc) is 3.01. The summed E-state index contributed by atoms with van der Waals surface area (Å²) in [7, 11) is 13.4. The van der Waals surface area contributed by atoms with Crippen LogP contribution in [0.3, 0.4) is 0 Å². The summed E-state index contributed by atoms with van der Waals surface area (Å²) in [6.07, 6.45) is 16.7. The molecule has 0 radical (unpaired) electrons. The quantitative estimate of drug-likeness (QED) is 0.347. The van der Waals surface area contributed by atoms with Crippen molar-refractivity contribution >= 4 is 30.7 Å². The zero-order valence-electron chi connectivity index (χ0n) is 15.1. The van der Waals surface area contributed by atoms with Gasteiger partial charge in [-0.05, 0) is 0 Å². The van der Waals surface area contributed by atoms with E-state index in [9.17, 15) is 0 Å². The van der Waals surface area contributed by atoms with Crippen LogP contribution in [0.25, 0.3) is 0 Å². The Labute approximate surface area is 162 Å². The van der Waals surface area contributed by atoms with E-state index in [-0.39, 0.29) is 8.59 Å². The molecule has 0 heterocycles. The molecule has 0 saturated heterocycles. The van der Waals surface area contributed by atoms with E-state index in [1.807, 2.05) is 0 Å². The van der Waals surface area contributed by atoms with Crippen molar-refractivity contribution in [3.63, 3.8) is 0 Å². The van der Waals surface area contributed by atoms with Crippen molar-refractivity contribution in [1.29, 1.82) is 0 Å². The monoisotopic (exact) mass is 543 g/mol. The molecule has 0 aromatic rings. The molecule has 0 aromatic heterocycles. The summed E-state index contributed by atoms with van der Waals surface area (Å²) in [5.41, 5.74) is 4.45. The van der Waals surface area contributed by atoms with Crippen LogP contribution < -0.4 is 0 Å². The standard InChI is InChI=1S/C20H25Si.2ClH.Hf/c1-14-10-6-9-13-16-17(14)19(21(4)5)20(2,3)18(16)15-11-7-8-12-15;;;/h6-11,13-14H,12H2,1-5H3;2*1H;/q;;;+2/p-2. The zero-order chi connectivity index (χ0) is 17.7. The van der Waals surface area contributed by atoms with Gasteiger partial charge < -0.3 is 0 Å². The van der Waals surface area contributed by atoms with Gasteiger partial charge in [-0.25, -0.2) is 0 Å². The molecular formula is C20H25Cl2HfSi. The van der Waals surface area contributed by atoms with Crippen molar-refractivity contribution in [3.05, 3.63) is 59.3 Å². The summed E-state index contributed by atoms with van der Waals surface area (Å²) in [4.78, 5) is 0. The Morgan fingerprint density at radius 1 is 1.17 bits per heavy atom. The zero-order valence-corrected chi connectivity index (χ0v) is 21.2. The summed E-state index contributed by atoms with van der Waals surface area (Å²) in [5, 5.41) is 1.66. The summed E-state index contributed by atoms with van der Waals surface area (Å²) < 4.78 is -0.131. The second kappa shape index (κ2) is 6.76. The summed E-state index contributed by atoms with van der Waals surface area (Å²) in [6, 6.07) is 0. The van der Waals surface area contributed by atoms with Gasteiger partial charge in [0.1, 0.15) is 0 Å². The fourth-order valence-corrected chi connectivity index (χ4v) is 20.5. The van der Waals surface area contributed by atoms with E-state index < -0.39 is 27.5 Å². The van der Waals surface area contributed by atoms with Crippen LogP contribution in [0.5, 0.6) is 0 Å². The van der Waals surface area contributed by atoms with Gasteiger partial charge in [-0.2, -0.15) is 0 Å². The molecular weight excluding hydrogens is 518 g/mol. The second-order valence-electron chi connectivity index (χ2n) is 7.69. The molecule has 24 heavy (non-hydrogen) atoms. The van der Waals surface area contributed by atoms with Gasteiger partial charge in [-0.15, -0.1) is 0 Å². The van der Waals surface area contributed by atoms with E-state index >= 15 is 0 Å². The Hall–Kier alpha value is 0.237. The average molecular weight is 543 g/mol. The minimum atomic E-state index is -2.91. The molecule has 0 amide bonds. The Morgan fingerprint density at radius 2 is 1.88 bits per heavy atom. The van der Waals surface area contributed by atoms with Crippen LogP contribution in [-0.4, -0.2) is 13.6 Å². The Bertz CT molecular complexity index is 746. The van der Waals surface area contributed by atoms with Crippen molar-refractivity contribution < 1.29 is 19.1 Å². The number of rotatable bonds is 2. The number of hydrogen-bond acceptors (Lipinski definition) is 0. The van der Waals surface area contributed by atoms with Crippen LogP contribution in [0.4, 0.5) is 0 Å². The van der Waals surface area contributed by atoms with E-state index in [0.717, 1.165) is 6.42 Å². The first kappa shape index (κ1) is 19.0. The van der Waals surface area contributed by atoms with E-state index in [1.165, 1.54) is 11.1 Å². The Balaban J connectivity index is 2.42. The van der Waals surface area contributed by atoms with Crippen LogP contribution in [0, 0.1) is 11.3 Å². The first-order valence-electron chi connectivity index (χ1n) is 8.58. The van der Waals surface area contributed by atoms with Gasteiger partial charge in [0, 0.05) is 0 Å². The van der Waals surface area contributed by atoms with E-state index in [0.29, 0.717) is 5.92 Å². The summed E-state index contributed by atoms with van der Waals surface area (Å²) in [5.74, 6) is 0.430. The van der Waals surface area contributed by atoms with E-state index in [4.69, 9.17) is 17.2 Å². The van der Waals surface area contributed by atoms with Crippen LogP contribution in [0.15, 0.2) is 59.3 Å². The predicted octanol–water partition coefficient (Wildman–Crippen LogP) is 6.56. The maximum atomic E-state index is 7.02. The van der Waals surface area contributed by atoms with Gasteiger partial charge in [0.2, 0.25) is 0 Å². The maximum absolute atomic E-state index is 7.02. The number of halogens is 2. The van der Waals surface area contributed by atoms with Crippen LogP contribution in [0.1, 0.15) is 27.2 Å². The summed E-state index contributed by atoms with van der Waals surface area (Å²) in [6.45, 7) is 12.0. The van der Waals surface area contributed by atoms with Gasteiger partial charge in [-0.1, -0.05) is 0 Å². The minimum absolute atomic E-state index is 0.0165. The molecule has 0 nitrogen and oxygen atoms in total.